The monoisotopic (exact) mass is 355 g/mol. The van der Waals surface area contributed by atoms with Gasteiger partial charge < -0.3 is 5.32 Å². The van der Waals surface area contributed by atoms with Gasteiger partial charge in [0, 0.05) is 12.2 Å². The molecule has 0 unspecified atom stereocenters. The molecule has 3 heterocycles. The molecule has 1 N–H and O–H groups in total. The van der Waals surface area contributed by atoms with E-state index in [1.165, 1.54) is 23.2 Å². The largest absolute Gasteiger partial charge is 0.451 e. The minimum atomic E-state index is -4.68. The minimum Gasteiger partial charge on any atom is -0.365 e. The highest BCUT2D eigenvalue weighted by atomic mass is 35.5. The molecule has 0 atom stereocenters. The van der Waals surface area contributed by atoms with E-state index in [4.69, 9.17) is 11.6 Å². The van der Waals surface area contributed by atoms with Crippen molar-refractivity contribution < 1.29 is 13.2 Å². The number of alkyl halides is 3. The molecule has 0 aliphatic heterocycles. The summed E-state index contributed by atoms with van der Waals surface area (Å²) in [5.41, 5.74) is 0.182. The molecule has 4 rings (SSSR count). The summed E-state index contributed by atoms with van der Waals surface area (Å²) in [4.78, 5) is 19.3. The summed E-state index contributed by atoms with van der Waals surface area (Å²) in [7, 11) is 0. The molecule has 0 amide bonds. The second-order valence-corrected chi connectivity index (χ2v) is 5.67. The van der Waals surface area contributed by atoms with Gasteiger partial charge in [0.15, 0.2) is 17.0 Å². The molecule has 1 saturated carbocycles. The maximum absolute atomic E-state index is 13.1. The van der Waals surface area contributed by atoms with Crippen LogP contribution in [0.1, 0.15) is 18.7 Å². The Morgan fingerprint density at radius 1 is 1.17 bits per heavy atom. The molecule has 24 heavy (non-hydrogen) atoms. The molecule has 0 saturated heterocycles. The number of halogens is 4. The molecule has 1 aliphatic rings. The summed E-state index contributed by atoms with van der Waals surface area (Å²) >= 11 is 5.82. The SMILES string of the molecule is FC(F)(F)c1nc(NC2CC2)c2ncn(-c3nccc(Cl)n3)c2n1. The van der Waals surface area contributed by atoms with Crippen LogP contribution in [0.15, 0.2) is 18.6 Å². The van der Waals surface area contributed by atoms with E-state index >= 15 is 0 Å². The Labute approximate surface area is 137 Å². The molecule has 124 valence electrons. The fourth-order valence-electron chi connectivity index (χ4n) is 2.14. The first-order valence-electron chi connectivity index (χ1n) is 6.99. The maximum Gasteiger partial charge on any atom is 0.451 e. The Kier molecular flexibility index (Phi) is 3.30. The summed E-state index contributed by atoms with van der Waals surface area (Å²) in [6.45, 7) is 0. The average molecular weight is 356 g/mol. The van der Waals surface area contributed by atoms with E-state index in [0.717, 1.165) is 12.8 Å². The van der Waals surface area contributed by atoms with Gasteiger partial charge in [-0.3, -0.25) is 4.57 Å². The zero-order valence-electron chi connectivity index (χ0n) is 11.9. The fraction of sp³-hybridized carbons (Fsp3) is 0.308. The standard InChI is InChI=1S/C13H9ClF3N7/c14-7-3-4-18-12(21-7)24-5-19-8-9(20-6-1-2-6)22-11(13(15,16)17)23-10(8)24/h3-6H,1-2H2,(H,20,22,23). The highest BCUT2D eigenvalue weighted by Gasteiger charge is 2.37. The van der Waals surface area contributed by atoms with E-state index in [2.05, 4.69) is 30.2 Å². The third-order valence-corrected chi connectivity index (χ3v) is 3.60. The van der Waals surface area contributed by atoms with Crippen LogP contribution in [0, 0.1) is 0 Å². The lowest BCUT2D eigenvalue weighted by atomic mass is 10.4. The normalized spacial score (nSPS) is 15.0. The van der Waals surface area contributed by atoms with E-state index < -0.39 is 12.0 Å². The Morgan fingerprint density at radius 3 is 2.62 bits per heavy atom. The van der Waals surface area contributed by atoms with Crippen LogP contribution < -0.4 is 5.32 Å². The first kappa shape index (κ1) is 15.1. The van der Waals surface area contributed by atoms with Crippen molar-refractivity contribution in [1.29, 1.82) is 0 Å². The fourth-order valence-corrected chi connectivity index (χ4v) is 2.27. The van der Waals surface area contributed by atoms with Gasteiger partial charge in [-0.15, -0.1) is 0 Å². The summed E-state index contributed by atoms with van der Waals surface area (Å²) < 4.78 is 40.6. The van der Waals surface area contributed by atoms with Gasteiger partial charge in [-0.1, -0.05) is 11.6 Å². The third-order valence-electron chi connectivity index (χ3n) is 3.39. The zero-order chi connectivity index (χ0) is 16.9. The molecule has 3 aromatic rings. The van der Waals surface area contributed by atoms with E-state index in [9.17, 15) is 13.2 Å². The minimum absolute atomic E-state index is 0.0391. The Hall–Kier alpha value is -2.49. The van der Waals surface area contributed by atoms with Crippen molar-refractivity contribution in [2.24, 2.45) is 0 Å². The van der Waals surface area contributed by atoms with Crippen molar-refractivity contribution in [2.45, 2.75) is 25.1 Å². The number of hydrogen-bond donors (Lipinski definition) is 1. The average Bonchev–Trinajstić information content (AvgIpc) is 3.22. The van der Waals surface area contributed by atoms with Crippen LogP contribution in [-0.4, -0.2) is 35.5 Å². The molecule has 1 fully saturated rings. The van der Waals surface area contributed by atoms with Crippen LogP contribution in [0.5, 0.6) is 0 Å². The maximum atomic E-state index is 13.1. The number of imidazole rings is 1. The van der Waals surface area contributed by atoms with Crippen LogP contribution in [0.4, 0.5) is 19.0 Å². The first-order valence-corrected chi connectivity index (χ1v) is 7.37. The third kappa shape index (κ3) is 2.73. The van der Waals surface area contributed by atoms with Crippen molar-refractivity contribution in [1.82, 2.24) is 29.5 Å². The first-order chi connectivity index (χ1) is 11.4. The lowest BCUT2D eigenvalue weighted by molar-refractivity contribution is -0.144. The summed E-state index contributed by atoms with van der Waals surface area (Å²) in [5, 5.41) is 3.11. The van der Waals surface area contributed by atoms with E-state index in [-0.39, 0.29) is 34.1 Å². The Bertz CT molecular complexity index is 920. The van der Waals surface area contributed by atoms with Gasteiger partial charge in [0.25, 0.3) is 0 Å². The van der Waals surface area contributed by atoms with Crippen LogP contribution in [-0.2, 0) is 6.18 Å². The highest BCUT2D eigenvalue weighted by Crippen LogP contribution is 2.32. The second kappa shape index (κ2) is 5.26. The van der Waals surface area contributed by atoms with Crippen LogP contribution in [0.2, 0.25) is 5.15 Å². The van der Waals surface area contributed by atoms with Crippen LogP contribution in [0.3, 0.4) is 0 Å². The van der Waals surface area contributed by atoms with Crippen molar-refractivity contribution in [2.75, 3.05) is 5.32 Å². The molecule has 0 aromatic carbocycles. The lowest BCUT2D eigenvalue weighted by Crippen LogP contribution is -2.15. The second-order valence-electron chi connectivity index (χ2n) is 5.28. The predicted octanol–water partition coefficient (Wildman–Crippen LogP) is 2.85. The topological polar surface area (TPSA) is 81.4 Å². The van der Waals surface area contributed by atoms with Crippen molar-refractivity contribution >= 4 is 28.6 Å². The zero-order valence-corrected chi connectivity index (χ0v) is 12.7. The molecule has 0 spiro atoms. The van der Waals surface area contributed by atoms with E-state index in [1.807, 2.05) is 0 Å². The molecular formula is C13H9ClF3N7. The number of nitrogens with zero attached hydrogens (tertiary/aromatic N) is 6. The Morgan fingerprint density at radius 2 is 1.96 bits per heavy atom. The molecule has 11 heteroatoms. The van der Waals surface area contributed by atoms with Crippen LogP contribution >= 0.6 is 11.6 Å². The van der Waals surface area contributed by atoms with Gasteiger partial charge >= 0.3 is 6.18 Å². The Balaban J connectivity index is 1.93. The number of nitrogens with one attached hydrogen (secondary N) is 1. The number of anilines is 1. The molecule has 1 aliphatic carbocycles. The van der Waals surface area contributed by atoms with E-state index in [1.54, 1.807) is 0 Å². The highest BCUT2D eigenvalue weighted by molar-refractivity contribution is 6.29. The van der Waals surface area contributed by atoms with Gasteiger partial charge in [-0.2, -0.15) is 13.2 Å². The van der Waals surface area contributed by atoms with Gasteiger partial charge in [0.05, 0.1) is 0 Å². The molecular weight excluding hydrogens is 347 g/mol. The van der Waals surface area contributed by atoms with Gasteiger partial charge in [0.2, 0.25) is 11.8 Å². The smallest absolute Gasteiger partial charge is 0.365 e. The van der Waals surface area contributed by atoms with Crippen LogP contribution in [0.25, 0.3) is 17.1 Å². The lowest BCUT2D eigenvalue weighted by Gasteiger charge is -2.10. The quantitative estimate of drug-likeness (QED) is 0.728. The summed E-state index contributed by atoms with van der Waals surface area (Å²) in [5.74, 6) is -1.12. The molecule has 3 aromatic heterocycles. The molecule has 0 radical (unpaired) electrons. The van der Waals surface area contributed by atoms with Gasteiger partial charge in [0.1, 0.15) is 11.5 Å². The molecule has 0 bridgehead atoms. The summed E-state index contributed by atoms with van der Waals surface area (Å²) in [6.07, 6.45) is -0.233. The number of hydrogen-bond acceptors (Lipinski definition) is 6. The van der Waals surface area contributed by atoms with Crippen molar-refractivity contribution in [3.05, 3.63) is 29.6 Å². The predicted molar refractivity (Wildman–Crippen MR) is 78.9 cm³/mol. The van der Waals surface area contributed by atoms with E-state index in [0.29, 0.717) is 0 Å². The number of rotatable bonds is 3. The number of fused-ring (bicyclic) bond motifs is 1. The van der Waals surface area contributed by atoms with Crippen molar-refractivity contribution in [3.63, 3.8) is 0 Å². The van der Waals surface area contributed by atoms with Gasteiger partial charge in [-0.05, 0) is 18.9 Å². The molecule has 7 nitrogen and oxygen atoms in total. The van der Waals surface area contributed by atoms with Gasteiger partial charge in [-0.25, -0.2) is 24.9 Å². The number of aromatic nitrogens is 6. The summed E-state index contributed by atoms with van der Waals surface area (Å²) in [6, 6.07) is 1.57. The van der Waals surface area contributed by atoms with Crippen molar-refractivity contribution in [3.8, 4) is 5.95 Å².